The van der Waals surface area contributed by atoms with Crippen LogP contribution >= 0.6 is 7.44 Å². The Morgan fingerprint density at radius 3 is 2.20 bits per heavy atom. The third-order valence-electron chi connectivity index (χ3n) is 3.02. The molecule has 0 unspecified atom stereocenters. The minimum absolute atomic E-state index is 0.201. The summed E-state index contributed by atoms with van der Waals surface area (Å²) in [5.74, 6) is 0. The number of hydrogen-bond donors (Lipinski definition) is 2. The molecule has 0 saturated carbocycles. The fourth-order valence-corrected chi connectivity index (χ4v) is 4.01. The van der Waals surface area contributed by atoms with E-state index in [1.165, 1.54) is 6.07 Å². The lowest BCUT2D eigenvalue weighted by atomic mass is 10.2. The van der Waals surface area contributed by atoms with Gasteiger partial charge in [-0.05, 0) is 30.3 Å². The first-order chi connectivity index (χ1) is 9.38. The van der Waals surface area contributed by atoms with E-state index in [0.717, 1.165) is 12.1 Å². The Bertz CT molecular complexity index is 701. The highest BCUT2D eigenvalue weighted by molar-refractivity contribution is 7.74. The number of halogens is 3. The molecule has 1 atom stereocenters. The standard InChI is InChI=1S/C13H10F3N2OP/c14-13(15,16)9-6-7-11-12(8-9)18-20(19,17-11)10-4-2-1-3-5-10/h1-8H,(H2,17,18,19)/t20-/m1/s1. The summed E-state index contributed by atoms with van der Waals surface area (Å²) >= 11 is 0. The van der Waals surface area contributed by atoms with Crippen LogP contribution in [0.15, 0.2) is 48.5 Å². The molecule has 0 radical (unpaired) electrons. The van der Waals surface area contributed by atoms with Crippen LogP contribution < -0.4 is 15.5 Å². The second kappa shape index (κ2) is 4.28. The highest BCUT2D eigenvalue weighted by Gasteiger charge is 2.36. The number of nitrogens with one attached hydrogen (secondary N) is 2. The molecule has 0 bridgehead atoms. The van der Waals surface area contributed by atoms with Gasteiger partial charge in [0.1, 0.15) is 0 Å². The Morgan fingerprint density at radius 2 is 1.55 bits per heavy atom. The summed E-state index contributed by atoms with van der Waals surface area (Å²) in [6.07, 6.45) is -4.42. The van der Waals surface area contributed by atoms with E-state index in [1.807, 2.05) is 0 Å². The van der Waals surface area contributed by atoms with Gasteiger partial charge >= 0.3 is 6.18 Å². The summed E-state index contributed by atoms with van der Waals surface area (Å²) in [5.41, 5.74) is -0.163. The van der Waals surface area contributed by atoms with Crippen molar-refractivity contribution >= 4 is 24.1 Å². The molecule has 1 heterocycles. The van der Waals surface area contributed by atoms with Gasteiger partial charge in [-0.2, -0.15) is 13.2 Å². The van der Waals surface area contributed by atoms with Gasteiger partial charge in [-0.25, -0.2) is 0 Å². The van der Waals surface area contributed by atoms with Crippen LogP contribution in [0, 0.1) is 0 Å². The van der Waals surface area contributed by atoms with E-state index in [2.05, 4.69) is 10.2 Å². The minimum atomic E-state index is -4.42. The van der Waals surface area contributed by atoms with Gasteiger partial charge in [-0.15, -0.1) is 0 Å². The van der Waals surface area contributed by atoms with E-state index in [-0.39, 0.29) is 5.69 Å². The summed E-state index contributed by atoms with van der Waals surface area (Å²) in [5, 5.41) is 5.99. The lowest BCUT2D eigenvalue weighted by molar-refractivity contribution is -0.137. The number of hydrogen-bond acceptors (Lipinski definition) is 1. The van der Waals surface area contributed by atoms with Crippen LogP contribution in [0.1, 0.15) is 5.56 Å². The van der Waals surface area contributed by atoms with Crippen LogP contribution in [0.5, 0.6) is 0 Å². The van der Waals surface area contributed by atoms with Crippen molar-refractivity contribution in [1.82, 2.24) is 0 Å². The summed E-state index contributed by atoms with van der Waals surface area (Å²) in [6, 6.07) is 11.8. The van der Waals surface area contributed by atoms with Gasteiger partial charge in [0.2, 0.25) is 0 Å². The molecular weight excluding hydrogens is 288 g/mol. The lowest BCUT2D eigenvalue weighted by Crippen LogP contribution is -2.12. The molecule has 1 aliphatic heterocycles. The first-order valence-electron chi connectivity index (χ1n) is 5.82. The summed E-state index contributed by atoms with van der Waals surface area (Å²) in [6.45, 7) is 0. The van der Waals surface area contributed by atoms with Gasteiger partial charge in [0, 0.05) is 0 Å². The zero-order valence-electron chi connectivity index (χ0n) is 10.1. The molecule has 104 valence electrons. The van der Waals surface area contributed by atoms with Gasteiger partial charge in [-0.3, -0.25) is 4.57 Å². The Kier molecular flexibility index (Phi) is 2.80. The first-order valence-corrected chi connectivity index (χ1v) is 7.53. The largest absolute Gasteiger partial charge is 0.416 e. The van der Waals surface area contributed by atoms with Crippen LogP contribution in [0.25, 0.3) is 0 Å². The molecule has 2 aromatic rings. The second-order valence-electron chi connectivity index (χ2n) is 4.43. The molecule has 0 aromatic heterocycles. The maximum Gasteiger partial charge on any atom is 0.416 e. The van der Waals surface area contributed by atoms with Crippen LogP contribution in [0.2, 0.25) is 0 Å². The number of fused-ring (bicyclic) bond motifs is 1. The second-order valence-corrected chi connectivity index (χ2v) is 6.61. The Morgan fingerprint density at radius 1 is 0.900 bits per heavy atom. The minimum Gasteiger partial charge on any atom is -0.315 e. The van der Waals surface area contributed by atoms with Crippen molar-refractivity contribution < 1.29 is 17.7 Å². The summed E-state index contributed by atoms with van der Waals surface area (Å²) < 4.78 is 50.7. The van der Waals surface area contributed by atoms with Crippen molar-refractivity contribution in [1.29, 1.82) is 0 Å². The topological polar surface area (TPSA) is 41.1 Å². The molecule has 7 heteroatoms. The van der Waals surface area contributed by atoms with Gasteiger partial charge in [-0.1, -0.05) is 18.2 Å². The van der Waals surface area contributed by atoms with E-state index in [0.29, 0.717) is 11.0 Å². The zero-order chi connectivity index (χ0) is 14.4. The molecule has 3 rings (SSSR count). The Hall–Kier alpha value is -1.94. The Labute approximate surface area is 113 Å². The molecule has 20 heavy (non-hydrogen) atoms. The smallest absolute Gasteiger partial charge is 0.315 e. The van der Waals surface area contributed by atoms with E-state index < -0.39 is 19.2 Å². The highest BCUT2D eigenvalue weighted by atomic mass is 31.2. The normalized spacial score (nSPS) is 20.9. The highest BCUT2D eigenvalue weighted by Crippen LogP contribution is 2.53. The first kappa shape index (κ1) is 13.1. The number of rotatable bonds is 1. The predicted molar refractivity (Wildman–Crippen MR) is 72.4 cm³/mol. The van der Waals surface area contributed by atoms with Crippen LogP contribution in [-0.2, 0) is 10.7 Å². The fourth-order valence-electron chi connectivity index (χ4n) is 2.04. The summed E-state index contributed by atoms with van der Waals surface area (Å²) in [4.78, 5) is 0. The number of benzene rings is 2. The third kappa shape index (κ3) is 2.16. The van der Waals surface area contributed by atoms with Gasteiger partial charge in [0.05, 0.1) is 22.2 Å². The van der Waals surface area contributed by atoms with Crippen LogP contribution in [0.4, 0.5) is 24.5 Å². The average molecular weight is 298 g/mol. The molecule has 0 saturated heterocycles. The SMILES string of the molecule is O=[P@]1(c2ccccc2)Nc2ccc(C(F)(F)F)cc2N1. The van der Waals surface area contributed by atoms with Crippen molar-refractivity contribution in [2.24, 2.45) is 0 Å². The quantitative estimate of drug-likeness (QED) is 0.780. The van der Waals surface area contributed by atoms with Crippen LogP contribution in [-0.4, -0.2) is 0 Å². The predicted octanol–water partition coefficient (Wildman–Crippen LogP) is 4.06. The van der Waals surface area contributed by atoms with E-state index in [1.54, 1.807) is 30.3 Å². The molecule has 0 aliphatic carbocycles. The lowest BCUT2D eigenvalue weighted by Gasteiger charge is -2.12. The van der Waals surface area contributed by atoms with Crippen molar-refractivity contribution in [2.75, 3.05) is 10.2 Å². The molecule has 0 spiro atoms. The number of anilines is 2. The molecular formula is C13H10F3N2OP. The third-order valence-corrected chi connectivity index (χ3v) is 5.16. The van der Waals surface area contributed by atoms with Gasteiger partial charge in [0.25, 0.3) is 7.44 Å². The van der Waals surface area contributed by atoms with Crippen LogP contribution in [0.3, 0.4) is 0 Å². The zero-order valence-corrected chi connectivity index (χ0v) is 11.0. The molecule has 1 aliphatic rings. The molecule has 0 fully saturated rings. The Balaban J connectivity index is 1.99. The average Bonchev–Trinajstić information content (AvgIpc) is 2.75. The number of alkyl halides is 3. The molecule has 3 nitrogen and oxygen atoms in total. The maximum absolute atomic E-state index is 12.7. The molecule has 2 N–H and O–H groups in total. The van der Waals surface area contributed by atoms with Crippen molar-refractivity contribution in [3.8, 4) is 0 Å². The van der Waals surface area contributed by atoms with E-state index in [9.17, 15) is 17.7 Å². The van der Waals surface area contributed by atoms with Crippen molar-refractivity contribution in [2.45, 2.75) is 6.18 Å². The van der Waals surface area contributed by atoms with Crippen molar-refractivity contribution in [3.05, 3.63) is 54.1 Å². The molecule has 0 amide bonds. The van der Waals surface area contributed by atoms with E-state index >= 15 is 0 Å². The van der Waals surface area contributed by atoms with Gasteiger partial charge < -0.3 is 10.2 Å². The van der Waals surface area contributed by atoms with E-state index in [4.69, 9.17) is 0 Å². The molecule has 2 aromatic carbocycles. The van der Waals surface area contributed by atoms with Crippen molar-refractivity contribution in [3.63, 3.8) is 0 Å². The monoisotopic (exact) mass is 298 g/mol. The van der Waals surface area contributed by atoms with Gasteiger partial charge in [0.15, 0.2) is 0 Å². The summed E-state index contributed by atoms with van der Waals surface area (Å²) in [7, 11) is -3.14. The maximum atomic E-state index is 12.7. The fraction of sp³-hybridized carbons (Fsp3) is 0.0769.